The molecular formula is C19H19N3OS. The summed E-state index contributed by atoms with van der Waals surface area (Å²) < 4.78 is 0. The number of anilines is 1. The van der Waals surface area contributed by atoms with Gasteiger partial charge in [-0.15, -0.1) is 11.8 Å². The van der Waals surface area contributed by atoms with Gasteiger partial charge in [0.25, 0.3) is 5.91 Å². The average molecular weight is 337 g/mol. The predicted octanol–water partition coefficient (Wildman–Crippen LogP) is 3.62. The molecule has 0 bridgehead atoms. The second-order valence-corrected chi connectivity index (χ2v) is 6.97. The number of fused-ring (bicyclic) bond motifs is 2. The first-order valence-electron chi connectivity index (χ1n) is 8.00. The highest BCUT2D eigenvalue weighted by molar-refractivity contribution is 7.99. The molecule has 0 saturated carbocycles. The molecule has 0 saturated heterocycles. The maximum absolute atomic E-state index is 12.6. The number of hydrogen-bond donors (Lipinski definition) is 3. The Labute approximate surface area is 145 Å². The summed E-state index contributed by atoms with van der Waals surface area (Å²) in [6.45, 7) is 0. The summed E-state index contributed by atoms with van der Waals surface area (Å²) in [4.78, 5) is 15.9. The number of aromatic amines is 1. The summed E-state index contributed by atoms with van der Waals surface area (Å²) in [7, 11) is 0. The molecule has 2 heterocycles. The lowest BCUT2D eigenvalue weighted by Gasteiger charge is -2.25. The largest absolute Gasteiger partial charge is 0.371 e. The van der Waals surface area contributed by atoms with Gasteiger partial charge in [0, 0.05) is 22.8 Å². The molecule has 3 N–H and O–H groups in total. The van der Waals surface area contributed by atoms with E-state index in [1.807, 2.05) is 42.6 Å². The Kier molecular flexibility index (Phi) is 3.94. The van der Waals surface area contributed by atoms with Crippen LogP contribution >= 0.6 is 11.8 Å². The van der Waals surface area contributed by atoms with Crippen molar-refractivity contribution in [3.8, 4) is 0 Å². The highest BCUT2D eigenvalue weighted by Gasteiger charge is 2.29. The molecular weight excluding hydrogens is 318 g/mol. The van der Waals surface area contributed by atoms with Crippen molar-refractivity contribution in [2.24, 2.45) is 0 Å². The molecule has 0 fully saturated rings. The maximum Gasteiger partial charge on any atom is 0.253 e. The van der Waals surface area contributed by atoms with Crippen molar-refractivity contribution in [2.45, 2.75) is 17.8 Å². The predicted molar refractivity (Wildman–Crippen MR) is 101 cm³/mol. The Hall–Kier alpha value is -2.40. The Morgan fingerprint density at radius 1 is 1.04 bits per heavy atom. The van der Waals surface area contributed by atoms with Crippen LogP contribution in [-0.2, 0) is 6.42 Å². The molecule has 2 atom stereocenters. The number of para-hydroxylation sites is 2. The van der Waals surface area contributed by atoms with Gasteiger partial charge in [0.2, 0.25) is 0 Å². The van der Waals surface area contributed by atoms with Gasteiger partial charge in [-0.1, -0.05) is 30.3 Å². The number of amides is 1. The fraction of sp³-hybridized carbons (Fsp3) is 0.211. The minimum absolute atomic E-state index is 0.0131. The van der Waals surface area contributed by atoms with Gasteiger partial charge in [0.05, 0.1) is 17.0 Å². The zero-order chi connectivity index (χ0) is 16.5. The highest BCUT2D eigenvalue weighted by Crippen LogP contribution is 2.27. The van der Waals surface area contributed by atoms with E-state index in [2.05, 4.69) is 34.0 Å². The number of H-pyrrole nitrogens is 1. The van der Waals surface area contributed by atoms with Gasteiger partial charge in [0.15, 0.2) is 0 Å². The quantitative estimate of drug-likeness (QED) is 0.684. The van der Waals surface area contributed by atoms with Gasteiger partial charge < -0.3 is 15.6 Å². The van der Waals surface area contributed by atoms with Crippen molar-refractivity contribution in [1.82, 2.24) is 10.3 Å². The second-order valence-electron chi connectivity index (χ2n) is 5.99. The molecule has 24 heavy (non-hydrogen) atoms. The van der Waals surface area contributed by atoms with E-state index in [-0.39, 0.29) is 17.3 Å². The Bertz CT molecular complexity index is 889. The van der Waals surface area contributed by atoms with Crippen molar-refractivity contribution < 1.29 is 4.79 Å². The zero-order valence-electron chi connectivity index (χ0n) is 13.4. The van der Waals surface area contributed by atoms with Gasteiger partial charge >= 0.3 is 0 Å². The van der Waals surface area contributed by atoms with E-state index in [9.17, 15) is 4.79 Å². The number of aromatic nitrogens is 1. The first kappa shape index (κ1) is 15.1. The van der Waals surface area contributed by atoms with Crippen LogP contribution in [0.1, 0.15) is 15.9 Å². The Morgan fingerprint density at radius 2 is 1.83 bits per heavy atom. The van der Waals surface area contributed by atoms with E-state index >= 15 is 0 Å². The summed E-state index contributed by atoms with van der Waals surface area (Å²) in [5, 5.41) is 8.06. The topological polar surface area (TPSA) is 56.9 Å². The van der Waals surface area contributed by atoms with Crippen LogP contribution in [0.5, 0.6) is 0 Å². The Morgan fingerprint density at radius 3 is 2.71 bits per heavy atom. The molecule has 0 radical (unpaired) electrons. The number of rotatable bonds is 3. The first-order chi connectivity index (χ1) is 11.8. The van der Waals surface area contributed by atoms with Gasteiger partial charge in [0.1, 0.15) is 0 Å². The third kappa shape index (κ3) is 2.65. The number of carbonyl (C=O) groups is 1. The molecule has 2 unspecified atom stereocenters. The molecule has 2 aromatic carbocycles. The molecule has 4 rings (SSSR count). The van der Waals surface area contributed by atoms with E-state index in [4.69, 9.17) is 0 Å². The van der Waals surface area contributed by atoms with Crippen molar-refractivity contribution in [1.29, 1.82) is 0 Å². The summed E-state index contributed by atoms with van der Waals surface area (Å²) >= 11 is 1.72. The Balaban J connectivity index is 1.66. The minimum atomic E-state index is -0.0144. The molecule has 1 aliphatic heterocycles. The van der Waals surface area contributed by atoms with Crippen molar-refractivity contribution in [2.75, 3.05) is 11.6 Å². The monoisotopic (exact) mass is 337 g/mol. The number of benzene rings is 2. The molecule has 1 aliphatic rings. The molecule has 5 heteroatoms. The van der Waals surface area contributed by atoms with E-state index in [0.29, 0.717) is 5.56 Å². The van der Waals surface area contributed by atoms with Crippen LogP contribution in [0.3, 0.4) is 0 Å². The van der Waals surface area contributed by atoms with Gasteiger partial charge in [-0.3, -0.25) is 4.79 Å². The SMILES string of the molecule is CSC1Nc2ccccc2C(=O)NC1Cc1c[nH]c2ccccc12. The third-order valence-electron chi connectivity index (χ3n) is 4.52. The van der Waals surface area contributed by atoms with Gasteiger partial charge in [-0.25, -0.2) is 0 Å². The summed E-state index contributed by atoms with van der Waals surface area (Å²) in [6.07, 6.45) is 4.90. The lowest BCUT2D eigenvalue weighted by atomic mass is 10.0. The summed E-state index contributed by atoms with van der Waals surface area (Å²) in [5.74, 6) is -0.0144. The molecule has 1 aromatic heterocycles. The molecule has 1 amide bonds. The molecule has 4 nitrogen and oxygen atoms in total. The fourth-order valence-electron chi connectivity index (χ4n) is 3.30. The normalized spacial score (nSPS) is 20.1. The van der Waals surface area contributed by atoms with E-state index in [1.54, 1.807) is 11.8 Å². The van der Waals surface area contributed by atoms with Crippen molar-refractivity contribution in [3.63, 3.8) is 0 Å². The van der Waals surface area contributed by atoms with E-state index in [0.717, 1.165) is 17.6 Å². The molecule has 3 aromatic rings. The zero-order valence-corrected chi connectivity index (χ0v) is 14.2. The molecule has 0 spiro atoms. The summed E-state index contributed by atoms with van der Waals surface area (Å²) in [5.41, 5.74) is 3.96. The van der Waals surface area contributed by atoms with Crippen LogP contribution in [0.25, 0.3) is 10.9 Å². The number of nitrogens with one attached hydrogen (secondary N) is 3. The maximum atomic E-state index is 12.6. The van der Waals surface area contributed by atoms with Gasteiger partial charge in [-0.05, 0) is 36.4 Å². The van der Waals surface area contributed by atoms with Crippen LogP contribution in [-0.4, -0.2) is 28.6 Å². The van der Waals surface area contributed by atoms with Crippen molar-refractivity contribution in [3.05, 3.63) is 65.9 Å². The van der Waals surface area contributed by atoms with Crippen LogP contribution in [0.2, 0.25) is 0 Å². The standard InChI is InChI=1S/C19H19N3OS/c1-24-19-17(10-12-11-20-15-8-4-2-6-13(12)15)21-18(23)14-7-3-5-9-16(14)22-19/h2-9,11,17,19-20,22H,10H2,1H3,(H,21,23). The van der Waals surface area contributed by atoms with E-state index < -0.39 is 0 Å². The minimum Gasteiger partial charge on any atom is -0.371 e. The van der Waals surface area contributed by atoms with Crippen LogP contribution in [0, 0.1) is 0 Å². The third-order valence-corrected chi connectivity index (χ3v) is 5.47. The fourth-order valence-corrected chi connectivity index (χ4v) is 4.04. The molecule has 0 aliphatic carbocycles. The second kappa shape index (κ2) is 6.24. The van der Waals surface area contributed by atoms with Gasteiger partial charge in [-0.2, -0.15) is 0 Å². The van der Waals surface area contributed by atoms with E-state index in [1.165, 1.54) is 10.9 Å². The lowest BCUT2D eigenvalue weighted by molar-refractivity contribution is 0.0941. The smallest absolute Gasteiger partial charge is 0.253 e. The highest BCUT2D eigenvalue weighted by atomic mass is 32.2. The van der Waals surface area contributed by atoms with Crippen LogP contribution in [0.4, 0.5) is 5.69 Å². The first-order valence-corrected chi connectivity index (χ1v) is 9.29. The van der Waals surface area contributed by atoms with Crippen LogP contribution in [0.15, 0.2) is 54.7 Å². The number of hydrogen-bond acceptors (Lipinski definition) is 3. The number of thioether (sulfide) groups is 1. The molecule has 122 valence electrons. The van der Waals surface area contributed by atoms with Crippen molar-refractivity contribution >= 4 is 34.3 Å². The average Bonchev–Trinajstić information content (AvgIpc) is 2.96. The summed E-state index contributed by atoms with van der Waals surface area (Å²) in [6, 6.07) is 16.0. The lowest BCUT2D eigenvalue weighted by Crippen LogP contribution is -2.44. The van der Waals surface area contributed by atoms with Crippen LogP contribution < -0.4 is 10.6 Å². The number of carbonyl (C=O) groups excluding carboxylic acids is 1.